The number of esters is 1. The van der Waals surface area contributed by atoms with Crippen molar-refractivity contribution in [3.05, 3.63) is 70.8 Å². The molecule has 0 saturated heterocycles. The average Bonchev–Trinajstić information content (AvgIpc) is 2.64. The lowest BCUT2D eigenvalue weighted by Crippen LogP contribution is -2.21. The fourth-order valence-corrected chi connectivity index (χ4v) is 3.18. The molecule has 0 bridgehead atoms. The number of allylic oxidation sites excluding steroid dienone is 2. The molecule has 0 unspecified atom stereocenters. The molecule has 132 valence electrons. The summed E-state index contributed by atoms with van der Waals surface area (Å²) in [5.74, 6) is -0.204. The number of hydrogen-bond donors (Lipinski definition) is 0. The zero-order valence-corrected chi connectivity index (χ0v) is 14.9. The van der Waals surface area contributed by atoms with Crippen LogP contribution in [0, 0.1) is 0 Å². The summed E-state index contributed by atoms with van der Waals surface area (Å²) in [7, 11) is 0. The van der Waals surface area contributed by atoms with Crippen molar-refractivity contribution in [3.63, 3.8) is 0 Å². The zero-order valence-electron chi connectivity index (χ0n) is 14.9. The van der Waals surface area contributed by atoms with Gasteiger partial charge in [0, 0.05) is 29.2 Å². The Morgan fingerprint density at radius 1 is 0.923 bits per heavy atom. The molecular formula is C22H20O4. The minimum Gasteiger partial charge on any atom is -0.427 e. The molecular weight excluding hydrogens is 328 g/mol. The summed E-state index contributed by atoms with van der Waals surface area (Å²) in [6.45, 7) is 3.39. The third-order valence-corrected chi connectivity index (χ3v) is 4.40. The van der Waals surface area contributed by atoms with Crippen molar-refractivity contribution < 1.29 is 19.1 Å². The van der Waals surface area contributed by atoms with Crippen LogP contribution in [0.1, 0.15) is 59.4 Å². The largest absolute Gasteiger partial charge is 0.427 e. The lowest BCUT2D eigenvalue weighted by molar-refractivity contribution is -0.131. The van der Waals surface area contributed by atoms with Crippen LogP contribution >= 0.6 is 0 Å². The molecule has 2 aromatic carbocycles. The summed E-state index contributed by atoms with van der Waals surface area (Å²) in [6.07, 6.45) is 2.34. The van der Waals surface area contributed by atoms with Crippen LogP contribution in [0.2, 0.25) is 0 Å². The first-order valence-corrected chi connectivity index (χ1v) is 8.73. The lowest BCUT2D eigenvalue weighted by Gasteiger charge is -2.21. The average molecular weight is 348 g/mol. The number of ketones is 2. The summed E-state index contributed by atoms with van der Waals surface area (Å²) < 4.78 is 5.05. The number of ether oxygens (including phenoxy) is 1. The first-order chi connectivity index (χ1) is 12.5. The van der Waals surface area contributed by atoms with E-state index >= 15 is 0 Å². The van der Waals surface area contributed by atoms with Crippen LogP contribution in [-0.2, 0) is 4.79 Å². The Balaban J connectivity index is 2.09. The van der Waals surface area contributed by atoms with Gasteiger partial charge in [-0.1, -0.05) is 49.7 Å². The molecule has 0 aliphatic heterocycles. The second-order valence-electron chi connectivity index (χ2n) is 6.28. The van der Waals surface area contributed by atoms with Crippen molar-refractivity contribution in [1.82, 2.24) is 0 Å². The van der Waals surface area contributed by atoms with E-state index in [0.717, 1.165) is 12.8 Å². The Morgan fingerprint density at radius 3 is 2.12 bits per heavy atom. The Hall–Kier alpha value is -3.01. The van der Waals surface area contributed by atoms with Crippen LogP contribution < -0.4 is 4.74 Å². The van der Waals surface area contributed by atoms with Crippen molar-refractivity contribution in [2.45, 2.75) is 33.1 Å². The van der Waals surface area contributed by atoms with Crippen molar-refractivity contribution in [2.75, 3.05) is 0 Å². The molecule has 1 aliphatic carbocycles. The quantitative estimate of drug-likeness (QED) is 0.583. The van der Waals surface area contributed by atoms with Crippen molar-refractivity contribution >= 4 is 23.1 Å². The van der Waals surface area contributed by atoms with Crippen LogP contribution in [0.25, 0.3) is 5.57 Å². The first-order valence-electron chi connectivity index (χ1n) is 8.73. The molecule has 0 saturated carbocycles. The van der Waals surface area contributed by atoms with Gasteiger partial charge in [0.1, 0.15) is 5.75 Å². The van der Waals surface area contributed by atoms with Gasteiger partial charge in [-0.3, -0.25) is 14.4 Å². The number of benzene rings is 2. The summed E-state index contributed by atoms with van der Waals surface area (Å²) in [4.78, 5) is 37.2. The zero-order chi connectivity index (χ0) is 18.7. The third-order valence-electron chi connectivity index (χ3n) is 4.40. The number of rotatable bonds is 5. The maximum absolute atomic E-state index is 13.1. The molecule has 3 rings (SSSR count). The highest BCUT2D eigenvalue weighted by Crippen LogP contribution is 2.35. The number of carbonyl (C=O) groups excluding carboxylic acids is 3. The summed E-state index contributed by atoms with van der Waals surface area (Å²) in [5, 5.41) is 0. The van der Waals surface area contributed by atoms with Gasteiger partial charge < -0.3 is 4.74 Å². The smallest absolute Gasteiger partial charge is 0.308 e. The summed E-state index contributed by atoms with van der Waals surface area (Å²) in [6, 6.07) is 13.7. The topological polar surface area (TPSA) is 60.4 Å². The second kappa shape index (κ2) is 7.48. The Labute approximate surface area is 152 Å². The lowest BCUT2D eigenvalue weighted by atomic mass is 9.79. The van der Waals surface area contributed by atoms with Gasteiger partial charge in [-0.25, -0.2) is 0 Å². The maximum atomic E-state index is 13.1. The fourth-order valence-electron chi connectivity index (χ4n) is 3.18. The van der Waals surface area contributed by atoms with E-state index in [-0.39, 0.29) is 11.6 Å². The predicted octanol–water partition coefficient (Wildman–Crippen LogP) is 4.63. The van der Waals surface area contributed by atoms with Gasteiger partial charge in [0.25, 0.3) is 0 Å². The SMILES string of the molecule is CCCCC1=C(c2ccc(OC(C)=O)cc2)C(=O)c2ccccc2C1=O. The number of Topliss-reactive ketones (excluding diaryl/α,β-unsaturated/α-hetero) is 2. The van der Waals surface area contributed by atoms with E-state index < -0.39 is 5.97 Å². The molecule has 0 radical (unpaired) electrons. The monoisotopic (exact) mass is 348 g/mol. The minimum absolute atomic E-state index is 0.0762. The molecule has 0 aromatic heterocycles. The third kappa shape index (κ3) is 3.36. The molecule has 1 aliphatic rings. The van der Waals surface area contributed by atoms with Crippen LogP contribution in [-0.4, -0.2) is 17.5 Å². The van der Waals surface area contributed by atoms with Gasteiger partial charge >= 0.3 is 5.97 Å². The van der Waals surface area contributed by atoms with Gasteiger partial charge in [0.2, 0.25) is 0 Å². The van der Waals surface area contributed by atoms with Crippen molar-refractivity contribution in [3.8, 4) is 5.75 Å². The van der Waals surface area contributed by atoms with Crippen LogP contribution in [0.3, 0.4) is 0 Å². The number of fused-ring (bicyclic) bond motifs is 1. The van der Waals surface area contributed by atoms with E-state index in [1.165, 1.54) is 6.92 Å². The minimum atomic E-state index is -0.404. The predicted molar refractivity (Wildman–Crippen MR) is 99.3 cm³/mol. The first kappa shape index (κ1) is 17.8. The van der Waals surface area contributed by atoms with Gasteiger partial charge in [-0.15, -0.1) is 0 Å². The summed E-state index contributed by atoms with van der Waals surface area (Å²) in [5.41, 5.74) is 2.60. The van der Waals surface area contributed by atoms with Crippen LogP contribution in [0.15, 0.2) is 54.1 Å². The fraction of sp³-hybridized carbons (Fsp3) is 0.227. The van der Waals surface area contributed by atoms with Gasteiger partial charge in [0.15, 0.2) is 11.6 Å². The highest BCUT2D eigenvalue weighted by molar-refractivity contribution is 6.40. The summed E-state index contributed by atoms with van der Waals surface area (Å²) >= 11 is 0. The van der Waals surface area contributed by atoms with Crippen LogP contribution in [0.4, 0.5) is 0 Å². The Bertz CT molecular complexity index is 904. The highest BCUT2D eigenvalue weighted by atomic mass is 16.5. The van der Waals surface area contributed by atoms with Crippen molar-refractivity contribution in [2.24, 2.45) is 0 Å². The van der Waals surface area contributed by atoms with Crippen molar-refractivity contribution in [1.29, 1.82) is 0 Å². The molecule has 0 atom stereocenters. The molecule has 0 fully saturated rings. The second-order valence-corrected chi connectivity index (χ2v) is 6.28. The molecule has 4 nitrogen and oxygen atoms in total. The maximum Gasteiger partial charge on any atom is 0.308 e. The highest BCUT2D eigenvalue weighted by Gasteiger charge is 2.32. The van der Waals surface area contributed by atoms with E-state index in [2.05, 4.69) is 6.92 Å². The van der Waals surface area contributed by atoms with Gasteiger partial charge in [-0.2, -0.15) is 0 Å². The molecule has 0 spiro atoms. The standard InChI is InChI=1S/C22H20O4/c1-3-4-7-19-20(15-10-12-16(13-11-15)26-14(2)23)22(25)18-9-6-5-8-17(18)21(19)24/h5-6,8-13H,3-4,7H2,1-2H3. The van der Waals surface area contributed by atoms with E-state index in [1.807, 2.05) is 0 Å². The molecule has 2 aromatic rings. The van der Waals surface area contributed by atoms with E-state index in [0.29, 0.717) is 40.0 Å². The molecule has 4 heteroatoms. The van der Waals surface area contributed by atoms with Crippen LogP contribution in [0.5, 0.6) is 5.75 Å². The number of hydrogen-bond acceptors (Lipinski definition) is 4. The van der Waals surface area contributed by atoms with E-state index in [4.69, 9.17) is 4.74 Å². The normalized spacial score (nSPS) is 13.6. The molecule has 0 heterocycles. The Morgan fingerprint density at radius 2 is 1.54 bits per heavy atom. The Kier molecular flexibility index (Phi) is 5.12. The number of carbonyl (C=O) groups is 3. The van der Waals surface area contributed by atoms with Gasteiger partial charge in [-0.05, 0) is 30.5 Å². The van der Waals surface area contributed by atoms with E-state index in [9.17, 15) is 14.4 Å². The van der Waals surface area contributed by atoms with Gasteiger partial charge in [0.05, 0.1) is 0 Å². The molecule has 0 amide bonds. The molecule has 26 heavy (non-hydrogen) atoms. The number of unbranched alkanes of at least 4 members (excludes halogenated alkanes) is 1. The molecule has 0 N–H and O–H groups in total. The van der Waals surface area contributed by atoms with E-state index in [1.54, 1.807) is 48.5 Å².